The fourth-order valence-corrected chi connectivity index (χ4v) is 5.49. The van der Waals surface area contributed by atoms with E-state index < -0.39 is 11.7 Å². The van der Waals surface area contributed by atoms with Crippen molar-refractivity contribution in [2.75, 3.05) is 51.7 Å². The van der Waals surface area contributed by atoms with Crippen LogP contribution in [0.15, 0.2) is 54.6 Å². The van der Waals surface area contributed by atoms with Crippen LogP contribution in [0.25, 0.3) is 0 Å². The number of hydrogen-bond acceptors (Lipinski definition) is 4. The highest BCUT2D eigenvalue weighted by atomic mass is 19.4. The zero-order valence-electron chi connectivity index (χ0n) is 22.2. The fraction of sp³-hybridized carbons (Fsp3) is 0.517. The number of rotatable bonds is 7. The van der Waals surface area contributed by atoms with Gasteiger partial charge in [0, 0.05) is 49.4 Å². The monoisotopic (exact) mass is 530 g/mol. The van der Waals surface area contributed by atoms with E-state index in [-0.39, 0.29) is 23.4 Å². The third-order valence-electron chi connectivity index (χ3n) is 7.81. The summed E-state index contributed by atoms with van der Waals surface area (Å²) in [7, 11) is 4.23. The highest BCUT2D eigenvalue weighted by Crippen LogP contribution is 2.30. The molecule has 6 nitrogen and oxygen atoms in total. The van der Waals surface area contributed by atoms with Crippen LogP contribution in [0.1, 0.15) is 48.0 Å². The molecule has 206 valence electrons. The molecule has 0 unspecified atom stereocenters. The summed E-state index contributed by atoms with van der Waals surface area (Å²) in [4.78, 5) is 34.7. The third kappa shape index (κ3) is 6.94. The molecule has 2 aliphatic rings. The minimum absolute atomic E-state index is 0.0407. The van der Waals surface area contributed by atoms with Crippen molar-refractivity contribution >= 4 is 17.5 Å². The zero-order chi connectivity index (χ0) is 27.3. The molecule has 0 bridgehead atoms. The molecule has 0 atom stereocenters. The fourth-order valence-electron chi connectivity index (χ4n) is 5.49. The second-order valence-electron chi connectivity index (χ2n) is 10.5. The highest BCUT2D eigenvalue weighted by Gasteiger charge is 2.33. The predicted octanol–water partition coefficient (Wildman–Crippen LogP) is 4.76. The van der Waals surface area contributed by atoms with Crippen molar-refractivity contribution in [1.29, 1.82) is 0 Å². The normalized spacial score (nSPS) is 18.1. The highest BCUT2D eigenvalue weighted by molar-refractivity contribution is 5.95. The van der Waals surface area contributed by atoms with Gasteiger partial charge in [0.15, 0.2) is 0 Å². The van der Waals surface area contributed by atoms with Crippen LogP contribution in [0, 0.1) is 0 Å². The van der Waals surface area contributed by atoms with Gasteiger partial charge in [0.1, 0.15) is 0 Å². The standard InChI is InChI=1S/C29H37F3N4O2/c1-33(2)24-12-17-34(18-13-24)19-16-27(37)36(25-6-4-3-5-7-25)26-14-20-35(21-15-26)28(38)22-8-10-23(11-9-22)29(30,31)32/h3-11,24,26H,12-21H2,1-2H3. The van der Waals surface area contributed by atoms with Gasteiger partial charge in [-0.25, -0.2) is 0 Å². The van der Waals surface area contributed by atoms with E-state index in [1.54, 1.807) is 4.90 Å². The van der Waals surface area contributed by atoms with Crippen LogP contribution < -0.4 is 4.90 Å². The van der Waals surface area contributed by atoms with E-state index in [4.69, 9.17) is 0 Å². The average molecular weight is 531 g/mol. The maximum absolute atomic E-state index is 13.5. The van der Waals surface area contributed by atoms with Crippen molar-refractivity contribution in [3.63, 3.8) is 0 Å². The molecule has 2 saturated heterocycles. The summed E-state index contributed by atoms with van der Waals surface area (Å²) >= 11 is 0. The number of halogens is 3. The predicted molar refractivity (Wildman–Crippen MR) is 142 cm³/mol. The molecule has 2 aliphatic heterocycles. The number of nitrogens with zero attached hydrogens (tertiary/aromatic N) is 4. The van der Waals surface area contributed by atoms with Crippen molar-refractivity contribution < 1.29 is 22.8 Å². The molecule has 2 aromatic carbocycles. The van der Waals surface area contributed by atoms with Gasteiger partial charge in [0.05, 0.1) is 5.56 Å². The summed E-state index contributed by atoms with van der Waals surface area (Å²) < 4.78 is 38.6. The Morgan fingerprint density at radius 1 is 0.842 bits per heavy atom. The molecule has 2 aromatic rings. The second-order valence-corrected chi connectivity index (χ2v) is 10.5. The number of carbonyl (C=O) groups excluding carboxylic acids is 2. The first kappa shape index (κ1) is 28.1. The number of carbonyl (C=O) groups is 2. The van der Waals surface area contributed by atoms with Gasteiger partial charge >= 0.3 is 6.18 Å². The van der Waals surface area contributed by atoms with Gasteiger partial charge in [-0.2, -0.15) is 13.2 Å². The minimum Gasteiger partial charge on any atom is -0.338 e. The molecule has 0 N–H and O–H groups in total. The maximum atomic E-state index is 13.5. The van der Waals surface area contributed by atoms with Crippen LogP contribution in [0.4, 0.5) is 18.9 Å². The van der Waals surface area contributed by atoms with Crippen LogP contribution in [-0.2, 0) is 11.0 Å². The molecule has 0 aromatic heterocycles. The van der Waals surface area contributed by atoms with E-state index in [1.807, 2.05) is 35.2 Å². The van der Waals surface area contributed by atoms with Crippen molar-refractivity contribution in [3.05, 3.63) is 65.7 Å². The van der Waals surface area contributed by atoms with Crippen LogP contribution in [0.2, 0.25) is 0 Å². The van der Waals surface area contributed by atoms with Crippen molar-refractivity contribution in [2.24, 2.45) is 0 Å². The lowest BCUT2D eigenvalue weighted by atomic mass is 10.00. The van der Waals surface area contributed by atoms with E-state index in [2.05, 4.69) is 23.9 Å². The molecule has 2 fully saturated rings. The summed E-state index contributed by atoms with van der Waals surface area (Å²) in [5, 5.41) is 0. The van der Waals surface area contributed by atoms with Crippen LogP contribution in [0.3, 0.4) is 0 Å². The second kappa shape index (κ2) is 12.3. The molecule has 2 heterocycles. The largest absolute Gasteiger partial charge is 0.416 e. The molecule has 2 amide bonds. The Hall–Kier alpha value is -2.91. The van der Waals surface area contributed by atoms with Gasteiger partial charge in [0.2, 0.25) is 5.91 Å². The first-order valence-corrected chi connectivity index (χ1v) is 13.4. The van der Waals surface area contributed by atoms with Gasteiger partial charge in [0.25, 0.3) is 5.91 Å². The SMILES string of the molecule is CN(C)C1CCN(CCC(=O)N(c2ccccc2)C2CCN(C(=O)c3ccc(C(F)(F)F)cc3)CC2)CC1. The number of piperidine rings is 2. The van der Waals surface area contributed by atoms with Gasteiger partial charge < -0.3 is 19.6 Å². The van der Waals surface area contributed by atoms with Gasteiger partial charge in [-0.15, -0.1) is 0 Å². The lowest BCUT2D eigenvalue weighted by molar-refractivity contribution is -0.137. The Morgan fingerprint density at radius 2 is 1.42 bits per heavy atom. The molecule has 0 radical (unpaired) electrons. The Morgan fingerprint density at radius 3 is 1.97 bits per heavy atom. The Balaban J connectivity index is 1.36. The molecular formula is C29H37F3N4O2. The van der Waals surface area contributed by atoms with Crippen LogP contribution in [-0.4, -0.2) is 85.4 Å². The summed E-state index contributed by atoms with van der Waals surface area (Å²) in [5.74, 6) is -0.200. The lowest BCUT2D eigenvalue weighted by Crippen LogP contribution is -2.50. The van der Waals surface area contributed by atoms with E-state index in [0.29, 0.717) is 38.4 Å². The van der Waals surface area contributed by atoms with Crippen LogP contribution in [0.5, 0.6) is 0 Å². The first-order chi connectivity index (χ1) is 18.1. The maximum Gasteiger partial charge on any atom is 0.416 e. The number of likely N-dealkylation sites (tertiary alicyclic amines) is 2. The minimum atomic E-state index is -4.43. The number of hydrogen-bond donors (Lipinski definition) is 0. The van der Waals surface area contributed by atoms with Crippen molar-refractivity contribution in [3.8, 4) is 0 Å². The van der Waals surface area contributed by atoms with Crippen molar-refractivity contribution in [2.45, 2.75) is 50.4 Å². The number of para-hydroxylation sites is 1. The number of amides is 2. The summed E-state index contributed by atoms with van der Waals surface area (Å²) in [6.45, 7) is 3.60. The van der Waals surface area contributed by atoms with Gasteiger partial charge in [-0.05, 0) is 89.3 Å². The summed E-state index contributed by atoms with van der Waals surface area (Å²) in [6, 6.07) is 14.6. The summed E-state index contributed by atoms with van der Waals surface area (Å²) in [5.41, 5.74) is 0.327. The van der Waals surface area contributed by atoms with Gasteiger partial charge in [-0.3, -0.25) is 9.59 Å². The smallest absolute Gasteiger partial charge is 0.338 e. The zero-order valence-corrected chi connectivity index (χ0v) is 22.2. The van der Waals surface area contributed by atoms with E-state index in [9.17, 15) is 22.8 Å². The molecule has 9 heteroatoms. The number of benzene rings is 2. The van der Waals surface area contributed by atoms with Gasteiger partial charge in [-0.1, -0.05) is 18.2 Å². The number of alkyl halides is 3. The molecule has 0 spiro atoms. The quantitative estimate of drug-likeness (QED) is 0.518. The molecule has 4 rings (SSSR count). The van der Waals surface area contributed by atoms with E-state index in [1.165, 1.54) is 12.1 Å². The topological polar surface area (TPSA) is 47.1 Å². The van der Waals surface area contributed by atoms with Crippen molar-refractivity contribution in [1.82, 2.24) is 14.7 Å². The lowest BCUT2D eigenvalue weighted by Gasteiger charge is -2.39. The molecule has 0 aliphatic carbocycles. The Bertz CT molecular complexity index is 1060. The first-order valence-electron chi connectivity index (χ1n) is 13.4. The van der Waals surface area contributed by atoms with E-state index >= 15 is 0 Å². The Labute approximate surface area is 223 Å². The van der Waals surface area contributed by atoms with E-state index in [0.717, 1.165) is 50.3 Å². The third-order valence-corrected chi connectivity index (χ3v) is 7.81. The molecular weight excluding hydrogens is 493 g/mol. The number of anilines is 1. The average Bonchev–Trinajstić information content (AvgIpc) is 2.92. The Kier molecular flexibility index (Phi) is 9.10. The summed E-state index contributed by atoms with van der Waals surface area (Å²) in [6.07, 6.45) is -0.561. The van der Waals surface area contributed by atoms with Crippen LogP contribution >= 0.6 is 0 Å². The molecule has 0 saturated carbocycles. The molecule has 38 heavy (non-hydrogen) atoms.